The monoisotopic (exact) mass is 231 g/mol. The Morgan fingerprint density at radius 2 is 2.24 bits per heavy atom. The molecule has 0 radical (unpaired) electrons. The largest absolute Gasteiger partial charge is 0.478 e. The first-order chi connectivity index (χ1) is 8.09. The van der Waals surface area contributed by atoms with Gasteiger partial charge in [0, 0.05) is 6.54 Å². The molecule has 88 valence electrons. The quantitative estimate of drug-likeness (QED) is 0.801. The average molecular weight is 231 g/mol. The van der Waals surface area contributed by atoms with E-state index in [-0.39, 0.29) is 11.8 Å². The Morgan fingerprint density at radius 1 is 1.47 bits per heavy atom. The van der Waals surface area contributed by atoms with Gasteiger partial charge in [-0.05, 0) is 43.0 Å². The highest BCUT2D eigenvalue weighted by Crippen LogP contribution is 2.43. The molecular formula is C13H13NO3. The summed E-state index contributed by atoms with van der Waals surface area (Å²) in [4.78, 5) is 24.9. The second kappa shape index (κ2) is 3.32. The average Bonchev–Trinajstić information content (AvgIpc) is 2.57. The van der Waals surface area contributed by atoms with E-state index < -0.39 is 5.97 Å². The van der Waals surface area contributed by atoms with E-state index in [4.69, 9.17) is 5.11 Å². The molecule has 4 nitrogen and oxygen atoms in total. The number of anilines is 1. The molecule has 2 aliphatic rings. The smallest absolute Gasteiger partial charge is 0.335 e. The summed E-state index contributed by atoms with van der Waals surface area (Å²) in [7, 11) is 0. The molecule has 2 aliphatic heterocycles. The van der Waals surface area contributed by atoms with Crippen LogP contribution in [0.25, 0.3) is 0 Å². The van der Waals surface area contributed by atoms with Crippen LogP contribution >= 0.6 is 0 Å². The van der Waals surface area contributed by atoms with Gasteiger partial charge in [-0.15, -0.1) is 0 Å². The maximum atomic E-state index is 12.0. The van der Waals surface area contributed by atoms with Crippen LogP contribution in [0.5, 0.6) is 0 Å². The molecule has 0 saturated carbocycles. The van der Waals surface area contributed by atoms with Crippen LogP contribution in [0.4, 0.5) is 5.69 Å². The van der Waals surface area contributed by atoms with Gasteiger partial charge in [0.05, 0.1) is 17.2 Å². The standard InChI is InChI=1S/C13H13NO3/c1-7-10-6-9(13(16)17)5-8-3-2-4-14(11(8)10)12(7)15/h5-7H,2-4H2,1H3,(H,16,17). The molecule has 4 heteroatoms. The molecule has 1 aromatic carbocycles. The van der Waals surface area contributed by atoms with Gasteiger partial charge in [0.1, 0.15) is 0 Å². The molecule has 0 aromatic heterocycles. The van der Waals surface area contributed by atoms with Gasteiger partial charge in [-0.25, -0.2) is 4.79 Å². The Balaban J connectivity index is 2.25. The molecule has 0 fully saturated rings. The summed E-state index contributed by atoms with van der Waals surface area (Å²) in [6.07, 6.45) is 1.77. The third-order valence-electron chi connectivity index (χ3n) is 3.67. The second-order valence-corrected chi connectivity index (χ2v) is 4.69. The molecule has 17 heavy (non-hydrogen) atoms. The second-order valence-electron chi connectivity index (χ2n) is 4.69. The fraction of sp³-hybridized carbons (Fsp3) is 0.385. The molecule has 3 rings (SSSR count). The molecule has 1 amide bonds. The molecule has 1 atom stereocenters. The van der Waals surface area contributed by atoms with Crippen molar-refractivity contribution in [2.45, 2.75) is 25.7 Å². The van der Waals surface area contributed by atoms with Crippen molar-refractivity contribution in [3.63, 3.8) is 0 Å². The van der Waals surface area contributed by atoms with Crippen LogP contribution in [0.2, 0.25) is 0 Å². The van der Waals surface area contributed by atoms with E-state index in [1.165, 1.54) is 0 Å². The Bertz CT molecular complexity index is 536. The lowest BCUT2D eigenvalue weighted by molar-refractivity contribution is -0.119. The van der Waals surface area contributed by atoms with Gasteiger partial charge in [-0.1, -0.05) is 0 Å². The lowest BCUT2D eigenvalue weighted by atomic mass is 9.94. The first-order valence-electron chi connectivity index (χ1n) is 5.81. The summed E-state index contributed by atoms with van der Waals surface area (Å²) < 4.78 is 0. The number of aromatic carboxylic acids is 1. The van der Waals surface area contributed by atoms with E-state index in [1.54, 1.807) is 12.1 Å². The number of rotatable bonds is 1. The summed E-state index contributed by atoms with van der Waals surface area (Å²) in [5.74, 6) is -1.03. The molecule has 0 spiro atoms. The van der Waals surface area contributed by atoms with Crippen molar-refractivity contribution in [1.29, 1.82) is 0 Å². The number of benzene rings is 1. The first-order valence-corrected chi connectivity index (χ1v) is 5.81. The van der Waals surface area contributed by atoms with Crippen LogP contribution in [-0.4, -0.2) is 23.5 Å². The van der Waals surface area contributed by atoms with Crippen molar-refractivity contribution < 1.29 is 14.7 Å². The third-order valence-corrected chi connectivity index (χ3v) is 3.67. The molecule has 0 aliphatic carbocycles. The molecule has 0 bridgehead atoms. The number of hydrogen-bond acceptors (Lipinski definition) is 2. The highest BCUT2D eigenvalue weighted by molar-refractivity contribution is 6.07. The predicted octanol–water partition coefficient (Wildman–Crippen LogP) is 1.78. The van der Waals surface area contributed by atoms with Crippen molar-refractivity contribution in [3.8, 4) is 0 Å². The normalized spacial score (nSPS) is 21.6. The van der Waals surface area contributed by atoms with E-state index in [1.807, 2.05) is 11.8 Å². The van der Waals surface area contributed by atoms with Crippen molar-refractivity contribution in [2.75, 3.05) is 11.4 Å². The number of nitrogens with zero attached hydrogens (tertiary/aromatic N) is 1. The number of carboxylic acids is 1. The summed E-state index contributed by atoms with van der Waals surface area (Å²) in [5, 5.41) is 9.07. The van der Waals surface area contributed by atoms with E-state index in [0.717, 1.165) is 36.2 Å². The third kappa shape index (κ3) is 1.30. The Labute approximate surface area is 98.9 Å². The summed E-state index contributed by atoms with van der Waals surface area (Å²) in [5.41, 5.74) is 3.15. The molecule has 1 aromatic rings. The van der Waals surface area contributed by atoms with Crippen LogP contribution in [-0.2, 0) is 11.2 Å². The van der Waals surface area contributed by atoms with Crippen LogP contribution in [0.15, 0.2) is 12.1 Å². The van der Waals surface area contributed by atoms with Crippen molar-refractivity contribution >= 4 is 17.6 Å². The van der Waals surface area contributed by atoms with E-state index in [2.05, 4.69) is 0 Å². The van der Waals surface area contributed by atoms with E-state index in [0.29, 0.717) is 5.56 Å². The van der Waals surface area contributed by atoms with E-state index in [9.17, 15) is 9.59 Å². The van der Waals surface area contributed by atoms with Gasteiger partial charge >= 0.3 is 5.97 Å². The Kier molecular flexibility index (Phi) is 2.02. The Hall–Kier alpha value is -1.84. The van der Waals surface area contributed by atoms with Gasteiger partial charge in [0.15, 0.2) is 0 Å². The number of hydrogen-bond donors (Lipinski definition) is 1. The van der Waals surface area contributed by atoms with Gasteiger partial charge < -0.3 is 10.0 Å². The molecule has 1 unspecified atom stereocenters. The maximum absolute atomic E-state index is 12.0. The molecule has 1 N–H and O–H groups in total. The predicted molar refractivity (Wildman–Crippen MR) is 62.5 cm³/mol. The van der Waals surface area contributed by atoms with Gasteiger partial charge in [-0.2, -0.15) is 0 Å². The maximum Gasteiger partial charge on any atom is 0.335 e. The first kappa shape index (κ1) is 10.3. The zero-order valence-electron chi connectivity index (χ0n) is 9.56. The lowest BCUT2D eigenvalue weighted by Gasteiger charge is -2.25. The molecule has 2 heterocycles. The highest BCUT2D eigenvalue weighted by Gasteiger charge is 2.38. The Morgan fingerprint density at radius 3 is 2.94 bits per heavy atom. The minimum Gasteiger partial charge on any atom is -0.478 e. The van der Waals surface area contributed by atoms with Crippen LogP contribution in [0.1, 0.15) is 40.7 Å². The summed E-state index contributed by atoms with van der Waals surface area (Å²) >= 11 is 0. The minimum absolute atomic E-state index is 0.100. The van der Waals surface area contributed by atoms with Crippen molar-refractivity contribution in [2.24, 2.45) is 0 Å². The van der Waals surface area contributed by atoms with Gasteiger partial charge in [0.25, 0.3) is 0 Å². The zero-order valence-corrected chi connectivity index (χ0v) is 9.56. The van der Waals surface area contributed by atoms with Crippen LogP contribution in [0, 0.1) is 0 Å². The number of carbonyl (C=O) groups excluding carboxylic acids is 1. The van der Waals surface area contributed by atoms with Gasteiger partial charge in [-0.3, -0.25) is 4.79 Å². The lowest BCUT2D eigenvalue weighted by Crippen LogP contribution is -2.32. The molecule has 0 saturated heterocycles. The van der Waals surface area contributed by atoms with Gasteiger partial charge in [0.2, 0.25) is 5.91 Å². The van der Waals surface area contributed by atoms with E-state index >= 15 is 0 Å². The fourth-order valence-electron chi connectivity index (χ4n) is 2.82. The topological polar surface area (TPSA) is 57.6 Å². The fourth-order valence-corrected chi connectivity index (χ4v) is 2.82. The SMILES string of the molecule is CC1C(=O)N2CCCc3cc(C(=O)O)cc1c32. The number of amides is 1. The minimum atomic E-state index is -0.923. The van der Waals surface area contributed by atoms with Crippen LogP contribution in [0.3, 0.4) is 0 Å². The number of carboxylic acid groups (broad SMARTS) is 1. The molecular weight excluding hydrogens is 218 g/mol. The zero-order chi connectivity index (χ0) is 12.2. The highest BCUT2D eigenvalue weighted by atomic mass is 16.4. The number of carbonyl (C=O) groups is 2. The number of aryl methyl sites for hydroxylation is 1. The summed E-state index contributed by atoms with van der Waals surface area (Å²) in [6.45, 7) is 2.61. The van der Waals surface area contributed by atoms with Crippen molar-refractivity contribution in [1.82, 2.24) is 0 Å². The van der Waals surface area contributed by atoms with Crippen molar-refractivity contribution in [3.05, 3.63) is 28.8 Å². The van der Waals surface area contributed by atoms with Crippen LogP contribution < -0.4 is 4.90 Å². The summed E-state index contributed by atoms with van der Waals surface area (Å²) in [6, 6.07) is 3.35.